The molecule has 2 aromatic heterocycles. The third-order valence-corrected chi connectivity index (χ3v) is 5.55. The summed E-state index contributed by atoms with van der Waals surface area (Å²) in [5.41, 5.74) is 2.23. The van der Waals surface area contributed by atoms with E-state index in [1.165, 1.54) is 29.8 Å². The highest BCUT2D eigenvalue weighted by Crippen LogP contribution is 2.26. The molecule has 3 aromatic rings. The lowest BCUT2D eigenvalue weighted by atomic mass is 9.97. The zero-order valence-corrected chi connectivity index (χ0v) is 17.5. The first-order valence-corrected chi connectivity index (χ1v) is 10.3. The second-order valence-corrected chi connectivity index (χ2v) is 7.75. The molecule has 1 aliphatic heterocycles. The first-order chi connectivity index (χ1) is 14.9. The van der Waals surface area contributed by atoms with Crippen molar-refractivity contribution in [1.29, 1.82) is 0 Å². The van der Waals surface area contributed by atoms with Crippen LogP contribution >= 0.6 is 0 Å². The second-order valence-electron chi connectivity index (χ2n) is 7.75. The number of amides is 1. The quantitative estimate of drug-likeness (QED) is 0.629. The van der Waals surface area contributed by atoms with Crippen LogP contribution in [0, 0.1) is 5.82 Å². The maximum absolute atomic E-state index is 13.8. The van der Waals surface area contributed by atoms with Crippen molar-refractivity contribution in [2.24, 2.45) is 0 Å². The number of H-pyrrole nitrogens is 1. The maximum atomic E-state index is 13.8. The van der Waals surface area contributed by atoms with Crippen LogP contribution in [-0.2, 0) is 16.0 Å². The smallest absolute Gasteiger partial charge is 0.272 e. The van der Waals surface area contributed by atoms with Crippen LogP contribution in [0.5, 0.6) is 5.75 Å². The molecule has 2 N–H and O–H groups in total. The van der Waals surface area contributed by atoms with E-state index < -0.39 is 11.9 Å². The number of fused-ring (bicyclic) bond motifs is 1. The number of methoxy groups -OCH3 is 1. The summed E-state index contributed by atoms with van der Waals surface area (Å²) in [6.45, 7) is 3.17. The van der Waals surface area contributed by atoms with Gasteiger partial charge in [0.15, 0.2) is 17.2 Å². The van der Waals surface area contributed by atoms with Gasteiger partial charge >= 0.3 is 0 Å². The second kappa shape index (κ2) is 8.89. The van der Waals surface area contributed by atoms with Crippen molar-refractivity contribution >= 4 is 11.6 Å². The molecule has 0 spiro atoms. The summed E-state index contributed by atoms with van der Waals surface area (Å²) in [6, 6.07) is 7.22. The molecule has 1 aromatic carbocycles. The van der Waals surface area contributed by atoms with Gasteiger partial charge in [0, 0.05) is 37.0 Å². The van der Waals surface area contributed by atoms with Crippen molar-refractivity contribution in [1.82, 2.24) is 19.9 Å². The number of carbonyl (C=O) groups excluding carboxylic acids is 1. The predicted molar refractivity (Wildman–Crippen MR) is 112 cm³/mol. The highest BCUT2D eigenvalue weighted by Gasteiger charge is 2.20. The summed E-state index contributed by atoms with van der Waals surface area (Å²) in [7, 11) is 1.38. The molecule has 1 aliphatic rings. The Morgan fingerprint density at radius 3 is 2.84 bits per heavy atom. The molecular formula is C22H25FN4O4. The maximum Gasteiger partial charge on any atom is 0.272 e. The van der Waals surface area contributed by atoms with Crippen molar-refractivity contribution in [2.45, 2.75) is 38.1 Å². The molecule has 0 bridgehead atoms. The van der Waals surface area contributed by atoms with E-state index in [-0.39, 0.29) is 23.6 Å². The van der Waals surface area contributed by atoms with Crippen LogP contribution in [-0.4, -0.2) is 40.8 Å². The van der Waals surface area contributed by atoms with Gasteiger partial charge in [0.05, 0.1) is 25.3 Å². The fourth-order valence-corrected chi connectivity index (χ4v) is 3.84. The fourth-order valence-electron chi connectivity index (χ4n) is 3.84. The van der Waals surface area contributed by atoms with Gasteiger partial charge in [-0.2, -0.15) is 0 Å². The van der Waals surface area contributed by atoms with Crippen LogP contribution in [0.3, 0.4) is 0 Å². The molecule has 8 nitrogen and oxygen atoms in total. The lowest BCUT2D eigenvalue weighted by Gasteiger charge is -2.20. The van der Waals surface area contributed by atoms with E-state index in [9.17, 15) is 14.0 Å². The lowest BCUT2D eigenvalue weighted by Crippen LogP contribution is -2.30. The number of hydrogen-bond acceptors (Lipinski definition) is 5. The van der Waals surface area contributed by atoms with Gasteiger partial charge in [-0.1, -0.05) is 6.07 Å². The number of benzene rings is 1. The number of aromatic nitrogens is 3. The summed E-state index contributed by atoms with van der Waals surface area (Å²) in [6.07, 6.45) is 1.80. The number of halogens is 1. The van der Waals surface area contributed by atoms with Crippen LogP contribution in [0.1, 0.15) is 48.7 Å². The summed E-state index contributed by atoms with van der Waals surface area (Å²) in [4.78, 5) is 29.6. The third kappa shape index (κ3) is 4.61. The Hall–Kier alpha value is -3.20. The van der Waals surface area contributed by atoms with Gasteiger partial charge < -0.3 is 14.8 Å². The molecule has 3 heterocycles. The Bertz CT molecular complexity index is 1150. The molecule has 4 rings (SSSR count). The highest BCUT2D eigenvalue weighted by atomic mass is 19.1. The molecule has 0 unspecified atom stereocenters. The third-order valence-electron chi connectivity index (χ3n) is 5.55. The molecule has 1 saturated heterocycles. The molecule has 0 radical (unpaired) electrons. The van der Waals surface area contributed by atoms with Crippen molar-refractivity contribution in [3.8, 4) is 5.75 Å². The monoisotopic (exact) mass is 428 g/mol. The zero-order chi connectivity index (χ0) is 22.0. The van der Waals surface area contributed by atoms with Gasteiger partial charge in [-0.3, -0.25) is 14.7 Å². The fraction of sp³-hybridized carbons (Fsp3) is 0.409. The molecule has 0 saturated carbocycles. The van der Waals surface area contributed by atoms with Gasteiger partial charge in [0.2, 0.25) is 5.91 Å². The van der Waals surface area contributed by atoms with E-state index in [1.54, 1.807) is 13.0 Å². The Morgan fingerprint density at radius 2 is 2.13 bits per heavy atom. The average Bonchev–Trinajstić information content (AvgIpc) is 3.19. The van der Waals surface area contributed by atoms with E-state index in [4.69, 9.17) is 9.47 Å². The number of aromatic amines is 1. The topological polar surface area (TPSA) is 97.7 Å². The summed E-state index contributed by atoms with van der Waals surface area (Å²) >= 11 is 0. The van der Waals surface area contributed by atoms with Crippen molar-refractivity contribution in [3.63, 3.8) is 0 Å². The molecule has 9 heteroatoms. The molecule has 0 aliphatic carbocycles. The van der Waals surface area contributed by atoms with Crippen molar-refractivity contribution < 1.29 is 18.7 Å². The average molecular weight is 428 g/mol. The number of carbonyl (C=O) groups is 1. The first kappa shape index (κ1) is 21.0. The lowest BCUT2D eigenvalue weighted by molar-refractivity contribution is -0.121. The van der Waals surface area contributed by atoms with Gasteiger partial charge in [-0.05, 0) is 37.5 Å². The Labute approximate surface area is 178 Å². The predicted octanol–water partition coefficient (Wildman–Crippen LogP) is 2.48. The molecule has 1 atom stereocenters. The Kier molecular flexibility index (Phi) is 6.03. The highest BCUT2D eigenvalue weighted by molar-refractivity contribution is 5.79. The summed E-state index contributed by atoms with van der Waals surface area (Å²) in [5, 5.41) is 5.97. The van der Waals surface area contributed by atoms with Gasteiger partial charge in [-0.25, -0.2) is 13.9 Å². The minimum Gasteiger partial charge on any atom is -0.494 e. The van der Waals surface area contributed by atoms with Gasteiger partial charge in [0.25, 0.3) is 5.56 Å². The van der Waals surface area contributed by atoms with Gasteiger partial charge in [-0.15, -0.1) is 0 Å². The van der Waals surface area contributed by atoms with Crippen LogP contribution in [0.2, 0.25) is 0 Å². The summed E-state index contributed by atoms with van der Waals surface area (Å²) in [5.74, 6) is -0.382. The zero-order valence-electron chi connectivity index (χ0n) is 17.5. The SMILES string of the molecule is COc1ccc(CC(=O)N[C@H](C)c2cc(=O)n3[nH]c(C4CCOCC4)cc3n2)cc1F. The van der Waals surface area contributed by atoms with Crippen LogP contribution in [0.15, 0.2) is 35.1 Å². The van der Waals surface area contributed by atoms with E-state index in [0.717, 1.165) is 18.5 Å². The van der Waals surface area contributed by atoms with Crippen LogP contribution in [0.4, 0.5) is 4.39 Å². The van der Waals surface area contributed by atoms with E-state index in [0.29, 0.717) is 36.0 Å². The van der Waals surface area contributed by atoms with Crippen LogP contribution < -0.4 is 15.6 Å². The van der Waals surface area contributed by atoms with Crippen molar-refractivity contribution in [3.05, 3.63) is 63.5 Å². The van der Waals surface area contributed by atoms with Gasteiger partial charge in [0.1, 0.15) is 0 Å². The minimum absolute atomic E-state index is 0.00450. The molecule has 1 amide bonds. The summed E-state index contributed by atoms with van der Waals surface area (Å²) < 4.78 is 25.6. The molecule has 164 valence electrons. The number of nitrogens with zero attached hydrogens (tertiary/aromatic N) is 2. The van der Waals surface area contributed by atoms with E-state index >= 15 is 0 Å². The Morgan fingerprint density at radius 1 is 1.35 bits per heavy atom. The first-order valence-electron chi connectivity index (χ1n) is 10.3. The van der Waals surface area contributed by atoms with Crippen molar-refractivity contribution in [2.75, 3.05) is 20.3 Å². The number of nitrogens with one attached hydrogen (secondary N) is 2. The number of hydrogen-bond donors (Lipinski definition) is 2. The van der Waals surface area contributed by atoms with E-state index in [2.05, 4.69) is 15.4 Å². The van der Waals surface area contributed by atoms with Crippen LogP contribution in [0.25, 0.3) is 5.65 Å². The minimum atomic E-state index is -0.520. The normalized spacial score (nSPS) is 15.7. The molecule has 1 fully saturated rings. The number of rotatable bonds is 6. The molecule has 31 heavy (non-hydrogen) atoms. The standard InChI is InChI=1S/C22H25FN4O4/c1-13(24-21(28)10-14-3-4-19(30-2)16(23)9-14)17-12-22(29)27-20(25-17)11-18(26-27)15-5-7-31-8-6-15/h3-4,9,11-13,15,26H,5-8,10H2,1-2H3,(H,24,28)/t13-/m1/s1. The largest absolute Gasteiger partial charge is 0.494 e. The molecular weight excluding hydrogens is 403 g/mol. The van der Waals surface area contributed by atoms with E-state index in [1.807, 2.05) is 6.07 Å². The number of ether oxygens (including phenoxy) is 2. The Balaban J connectivity index is 1.48.